The van der Waals surface area contributed by atoms with Crippen molar-refractivity contribution in [2.75, 3.05) is 20.1 Å². The van der Waals surface area contributed by atoms with Gasteiger partial charge in [-0.15, -0.1) is 24.0 Å². The predicted molar refractivity (Wildman–Crippen MR) is 146 cm³/mol. The first-order valence-electron chi connectivity index (χ1n) is 11.6. The van der Waals surface area contributed by atoms with Crippen molar-refractivity contribution < 1.29 is 4.39 Å². The Hall–Kier alpha value is -2.46. The molecule has 2 heterocycles. The van der Waals surface area contributed by atoms with Gasteiger partial charge in [-0.2, -0.15) is 5.10 Å². The normalized spacial score (nSPS) is 15.1. The van der Waals surface area contributed by atoms with Crippen molar-refractivity contribution in [1.29, 1.82) is 0 Å². The second-order valence-electron chi connectivity index (χ2n) is 8.71. The Morgan fingerprint density at radius 1 is 1.09 bits per heavy atom. The van der Waals surface area contributed by atoms with Crippen molar-refractivity contribution in [1.82, 2.24) is 25.3 Å². The van der Waals surface area contributed by atoms with Crippen molar-refractivity contribution in [2.24, 2.45) is 4.99 Å². The van der Waals surface area contributed by atoms with Crippen molar-refractivity contribution >= 4 is 29.9 Å². The molecule has 0 unspecified atom stereocenters. The number of hydrogen-bond acceptors (Lipinski definition) is 3. The standard InChI is InChI=1S/C26H33FN6.HI/c1-19-16-20(2)33(31-19)25-7-5-4-6-22(25)17-29-26(28-3)30-24-12-14-32(15-13-24)18-21-8-10-23(27)11-9-21;/h4-11,16,24H,12-15,17-18H2,1-3H3,(H2,28,29,30);1H. The van der Waals surface area contributed by atoms with Gasteiger partial charge in [0.2, 0.25) is 0 Å². The second kappa shape index (κ2) is 12.3. The van der Waals surface area contributed by atoms with Crippen LogP contribution in [0.3, 0.4) is 0 Å². The molecule has 0 radical (unpaired) electrons. The number of guanidine groups is 1. The average Bonchev–Trinajstić information content (AvgIpc) is 3.17. The highest BCUT2D eigenvalue weighted by molar-refractivity contribution is 14.0. The highest BCUT2D eigenvalue weighted by Crippen LogP contribution is 2.17. The Labute approximate surface area is 218 Å². The van der Waals surface area contributed by atoms with E-state index in [0.717, 1.165) is 61.1 Å². The summed E-state index contributed by atoms with van der Waals surface area (Å²) in [6.45, 7) is 7.63. The maximum Gasteiger partial charge on any atom is 0.191 e. The van der Waals surface area contributed by atoms with Crippen LogP contribution in [0, 0.1) is 19.7 Å². The van der Waals surface area contributed by atoms with Crippen molar-refractivity contribution in [3.05, 3.63) is 82.9 Å². The van der Waals surface area contributed by atoms with Crippen LogP contribution in [-0.2, 0) is 13.1 Å². The van der Waals surface area contributed by atoms with Gasteiger partial charge in [0.25, 0.3) is 0 Å². The molecule has 0 bridgehead atoms. The summed E-state index contributed by atoms with van der Waals surface area (Å²) in [5.74, 6) is 0.633. The molecule has 0 spiro atoms. The van der Waals surface area contributed by atoms with Crippen LogP contribution in [0.5, 0.6) is 0 Å². The SMILES string of the molecule is CN=C(NCc1ccccc1-n1nc(C)cc1C)NC1CCN(Cc2ccc(F)cc2)CC1.I. The first-order chi connectivity index (χ1) is 16.0. The number of para-hydroxylation sites is 1. The Kier molecular flexibility index (Phi) is 9.46. The Bertz CT molecular complexity index is 1090. The number of nitrogens with zero attached hydrogens (tertiary/aromatic N) is 4. The third-order valence-electron chi connectivity index (χ3n) is 6.15. The monoisotopic (exact) mass is 576 g/mol. The van der Waals surface area contributed by atoms with E-state index in [9.17, 15) is 4.39 Å². The molecule has 0 saturated carbocycles. The molecule has 4 rings (SSSR count). The molecule has 0 aliphatic carbocycles. The first kappa shape index (κ1) is 26.2. The molecule has 1 saturated heterocycles. The molecule has 0 amide bonds. The topological polar surface area (TPSA) is 57.5 Å². The summed E-state index contributed by atoms with van der Waals surface area (Å²) in [4.78, 5) is 6.86. The lowest BCUT2D eigenvalue weighted by Crippen LogP contribution is -2.48. The average molecular weight is 577 g/mol. The van der Waals surface area contributed by atoms with E-state index in [1.807, 2.05) is 36.9 Å². The molecule has 1 aliphatic rings. The van der Waals surface area contributed by atoms with E-state index in [-0.39, 0.29) is 29.8 Å². The van der Waals surface area contributed by atoms with Gasteiger partial charge in [-0.1, -0.05) is 30.3 Å². The number of rotatable bonds is 6. The number of benzene rings is 2. The van der Waals surface area contributed by atoms with Gasteiger partial charge in [0.1, 0.15) is 5.82 Å². The molecular weight excluding hydrogens is 542 g/mol. The zero-order valence-corrected chi connectivity index (χ0v) is 22.4. The van der Waals surface area contributed by atoms with Crippen LogP contribution in [0.1, 0.15) is 35.4 Å². The van der Waals surface area contributed by atoms with E-state index in [2.05, 4.69) is 56.8 Å². The van der Waals surface area contributed by atoms with Gasteiger partial charge in [0.15, 0.2) is 5.96 Å². The van der Waals surface area contributed by atoms with Crippen LogP contribution in [-0.4, -0.2) is 46.8 Å². The van der Waals surface area contributed by atoms with E-state index >= 15 is 0 Å². The Morgan fingerprint density at radius 2 is 1.79 bits per heavy atom. The fraction of sp³-hybridized carbons (Fsp3) is 0.385. The van der Waals surface area contributed by atoms with E-state index in [0.29, 0.717) is 12.6 Å². The number of hydrogen-bond donors (Lipinski definition) is 2. The molecule has 8 heteroatoms. The lowest BCUT2D eigenvalue weighted by molar-refractivity contribution is 0.198. The van der Waals surface area contributed by atoms with Gasteiger partial charge < -0.3 is 10.6 Å². The highest BCUT2D eigenvalue weighted by atomic mass is 127. The predicted octanol–water partition coefficient (Wildman–Crippen LogP) is 4.58. The Morgan fingerprint density at radius 3 is 2.44 bits per heavy atom. The summed E-state index contributed by atoms with van der Waals surface area (Å²) in [6.07, 6.45) is 2.09. The number of aliphatic imine (C=N–C) groups is 1. The van der Waals surface area contributed by atoms with Gasteiger partial charge in [0.05, 0.1) is 11.4 Å². The van der Waals surface area contributed by atoms with E-state index < -0.39 is 0 Å². The minimum atomic E-state index is -0.182. The molecule has 2 N–H and O–H groups in total. The summed E-state index contributed by atoms with van der Waals surface area (Å²) >= 11 is 0. The molecule has 2 aromatic carbocycles. The number of aryl methyl sites for hydroxylation is 2. The molecule has 1 aromatic heterocycles. The maximum absolute atomic E-state index is 13.1. The van der Waals surface area contributed by atoms with Gasteiger partial charge in [-0.25, -0.2) is 9.07 Å². The largest absolute Gasteiger partial charge is 0.354 e. The van der Waals surface area contributed by atoms with E-state index in [1.54, 1.807) is 0 Å². The fourth-order valence-electron chi connectivity index (χ4n) is 4.39. The molecule has 34 heavy (non-hydrogen) atoms. The van der Waals surface area contributed by atoms with E-state index in [1.165, 1.54) is 17.7 Å². The number of piperidine rings is 1. The van der Waals surface area contributed by atoms with Gasteiger partial charge in [0, 0.05) is 45.0 Å². The van der Waals surface area contributed by atoms with Crippen LogP contribution in [0.25, 0.3) is 5.69 Å². The molecule has 1 fully saturated rings. The molecule has 3 aromatic rings. The number of likely N-dealkylation sites (tertiary alicyclic amines) is 1. The molecule has 1 aliphatic heterocycles. The van der Waals surface area contributed by atoms with Crippen molar-refractivity contribution in [2.45, 2.75) is 45.8 Å². The zero-order valence-electron chi connectivity index (χ0n) is 20.1. The Balaban J connectivity index is 0.00000324. The fourth-order valence-corrected chi connectivity index (χ4v) is 4.39. The van der Waals surface area contributed by atoms with Crippen LogP contribution in [0.15, 0.2) is 59.6 Å². The van der Waals surface area contributed by atoms with Crippen LogP contribution in [0.4, 0.5) is 4.39 Å². The van der Waals surface area contributed by atoms with Crippen LogP contribution < -0.4 is 10.6 Å². The summed E-state index contributed by atoms with van der Waals surface area (Å²) in [5.41, 5.74) is 5.54. The van der Waals surface area contributed by atoms with E-state index in [4.69, 9.17) is 0 Å². The summed E-state index contributed by atoms with van der Waals surface area (Å²) in [7, 11) is 1.81. The minimum absolute atomic E-state index is 0. The zero-order chi connectivity index (χ0) is 23.2. The smallest absolute Gasteiger partial charge is 0.191 e. The highest BCUT2D eigenvalue weighted by Gasteiger charge is 2.20. The van der Waals surface area contributed by atoms with Gasteiger partial charge in [-0.05, 0) is 62.1 Å². The number of aromatic nitrogens is 2. The molecule has 182 valence electrons. The summed E-state index contributed by atoms with van der Waals surface area (Å²) < 4.78 is 15.1. The summed E-state index contributed by atoms with van der Waals surface area (Å²) in [5, 5.41) is 11.7. The maximum atomic E-state index is 13.1. The second-order valence-corrected chi connectivity index (χ2v) is 8.71. The molecule has 6 nitrogen and oxygen atoms in total. The first-order valence-corrected chi connectivity index (χ1v) is 11.6. The lowest BCUT2D eigenvalue weighted by atomic mass is 10.0. The van der Waals surface area contributed by atoms with Crippen molar-refractivity contribution in [3.63, 3.8) is 0 Å². The van der Waals surface area contributed by atoms with Crippen LogP contribution >= 0.6 is 24.0 Å². The molecular formula is C26H34FIN6. The summed E-state index contributed by atoms with van der Waals surface area (Å²) in [6, 6.07) is 17.6. The van der Waals surface area contributed by atoms with Crippen LogP contribution in [0.2, 0.25) is 0 Å². The number of nitrogens with one attached hydrogen (secondary N) is 2. The molecule has 0 atom stereocenters. The number of halogens is 2. The van der Waals surface area contributed by atoms with Gasteiger partial charge >= 0.3 is 0 Å². The minimum Gasteiger partial charge on any atom is -0.354 e. The third kappa shape index (κ3) is 6.79. The van der Waals surface area contributed by atoms with Crippen molar-refractivity contribution in [3.8, 4) is 5.69 Å². The quantitative estimate of drug-likeness (QED) is 0.257. The lowest BCUT2D eigenvalue weighted by Gasteiger charge is -2.33. The third-order valence-corrected chi connectivity index (χ3v) is 6.15. The van der Waals surface area contributed by atoms with Gasteiger partial charge in [-0.3, -0.25) is 9.89 Å².